The molecule has 0 bridgehead atoms. The number of amides is 2. The number of hydrogen-bond donors (Lipinski definition) is 1. The number of hydrogen-bond acceptors (Lipinski definition) is 5. The first-order chi connectivity index (χ1) is 15.3. The van der Waals surface area contributed by atoms with E-state index in [1.165, 1.54) is 19.1 Å². The fourth-order valence-electron chi connectivity index (χ4n) is 4.07. The van der Waals surface area contributed by atoms with Crippen molar-refractivity contribution in [2.75, 3.05) is 52.4 Å². The number of benzene rings is 1. The first kappa shape index (κ1) is 24.5. The number of ether oxygens (including phenoxy) is 1. The van der Waals surface area contributed by atoms with Crippen molar-refractivity contribution in [3.05, 3.63) is 35.4 Å². The lowest BCUT2D eigenvalue weighted by atomic mass is 9.98. The summed E-state index contributed by atoms with van der Waals surface area (Å²) >= 11 is 0. The average molecular weight is 467 g/mol. The summed E-state index contributed by atoms with van der Waals surface area (Å²) < 4.78 is 34.1. The molecule has 2 heterocycles. The predicted molar refractivity (Wildman–Crippen MR) is 121 cm³/mol. The Labute approximate surface area is 190 Å². The molecule has 9 nitrogen and oxygen atoms in total. The lowest BCUT2D eigenvalue weighted by Crippen LogP contribution is -2.56. The Balaban J connectivity index is 1.49. The summed E-state index contributed by atoms with van der Waals surface area (Å²) in [7, 11) is -3.67. The molecule has 10 heteroatoms. The van der Waals surface area contributed by atoms with Gasteiger partial charge < -0.3 is 15.0 Å². The molecule has 2 saturated heterocycles. The van der Waals surface area contributed by atoms with Gasteiger partial charge in [-0.25, -0.2) is 4.79 Å². The molecule has 2 amide bonds. The number of carbonyl (C=O) groups excluding carboxylic acids is 2. The maximum atomic E-state index is 13.1. The van der Waals surface area contributed by atoms with Crippen molar-refractivity contribution in [2.24, 2.45) is 5.92 Å². The van der Waals surface area contributed by atoms with Crippen LogP contribution in [0.1, 0.15) is 30.9 Å². The van der Waals surface area contributed by atoms with Gasteiger partial charge in [-0.15, -0.1) is 0 Å². The molecule has 1 atom stereocenters. The molecule has 1 aromatic rings. The third kappa shape index (κ3) is 6.20. The highest BCUT2D eigenvalue weighted by Gasteiger charge is 2.37. The Hall–Kier alpha value is -2.17. The van der Waals surface area contributed by atoms with Gasteiger partial charge in [0.2, 0.25) is 5.91 Å². The zero-order valence-corrected chi connectivity index (χ0v) is 19.8. The second kappa shape index (κ2) is 11.1. The average Bonchev–Trinajstić information content (AvgIpc) is 2.80. The van der Waals surface area contributed by atoms with Crippen LogP contribution in [0.5, 0.6) is 0 Å². The summed E-state index contributed by atoms with van der Waals surface area (Å²) in [4.78, 5) is 26.0. The molecule has 0 saturated carbocycles. The Kier molecular flexibility index (Phi) is 8.50. The molecule has 0 spiro atoms. The summed E-state index contributed by atoms with van der Waals surface area (Å²) in [6, 6.07) is 8.21. The minimum atomic E-state index is -3.67. The molecular weight excluding hydrogens is 432 g/mol. The fourth-order valence-corrected chi connectivity index (χ4v) is 5.75. The van der Waals surface area contributed by atoms with Gasteiger partial charge in [0.05, 0.1) is 12.5 Å². The van der Waals surface area contributed by atoms with E-state index in [1.54, 1.807) is 6.92 Å². The van der Waals surface area contributed by atoms with Crippen molar-refractivity contribution in [1.29, 1.82) is 0 Å². The van der Waals surface area contributed by atoms with Gasteiger partial charge in [0, 0.05) is 45.8 Å². The number of piperazine rings is 1. The van der Waals surface area contributed by atoms with E-state index >= 15 is 0 Å². The first-order valence-electron chi connectivity index (χ1n) is 11.3. The molecule has 0 aliphatic carbocycles. The largest absolute Gasteiger partial charge is 0.450 e. The van der Waals surface area contributed by atoms with Gasteiger partial charge in [-0.1, -0.05) is 29.8 Å². The summed E-state index contributed by atoms with van der Waals surface area (Å²) in [6.07, 6.45) is 1.66. The Morgan fingerprint density at radius 3 is 2.41 bits per heavy atom. The topological polar surface area (TPSA) is 99.3 Å². The second-order valence-corrected chi connectivity index (χ2v) is 10.2. The van der Waals surface area contributed by atoms with Crippen molar-refractivity contribution in [1.82, 2.24) is 18.8 Å². The van der Waals surface area contributed by atoms with Gasteiger partial charge in [0.1, 0.15) is 0 Å². The quantitative estimate of drug-likeness (QED) is 0.655. The summed E-state index contributed by atoms with van der Waals surface area (Å²) in [6.45, 7) is 6.25. The van der Waals surface area contributed by atoms with E-state index in [1.807, 2.05) is 19.1 Å². The number of nitrogens with zero attached hydrogens (tertiary/aromatic N) is 3. The third-order valence-corrected chi connectivity index (χ3v) is 8.01. The van der Waals surface area contributed by atoms with E-state index in [4.69, 9.17) is 4.74 Å². The van der Waals surface area contributed by atoms with Crippen LogP contribution in [0.4, 0.5) is 4.79 Å². The smallest absolute Gasteiger partial charge is 0.409 e. The van der Waals surface area contributed by atoms with Crippen LogP contribution in [0.2, 0.25) is 0 Å². The molecule has 32 heavy (non-hydrogen) atoms. The van der Waals surface area contributed by atoms with Crippen LogP contribution in [-0.4, -0.2) is 86.3 Å². The van der Waals surface area contributed by atoms with Crippen LogP contribution in [0, 0.1) is 12.8 Å². The highest BCUT2D eigenvalue weighted by atomic mass is 32.2. The molecule has 2 fully saturated rings. The molecule has 1 aromatic carbocycles. The van der Waals surface area contributed by atoms with Crippen molar-refractivity contribution in [3.8, 4) is 0 Å². The van der Waals surface area contributed by atoms with Crippen molar-refractivity contribution < 1.29 is 22.7 Å². The lowest BCUT2D eigenvalue weighted by Gasteiger charge is -2.38. The number of rotatable bonds is 7. The fraction of sp³-hybridized carbons (Fsp3) is 0.636. The van der Waals surface area contributed by atoms with E-state index in [-0.39, 0.29) is 31.5 Å². The normalized spacial score (nSPS) is 20.7. The van der Waals surface area contributed by atoms with Gasteiger partial charge in [0.25, 0.3) is 10.2 Å². The van der Waals surface area contributed by atoms with Gasteiger partial charge in [-0.05, 0) is 38.7 Å². The first-order valence-corrected chi connectivity index (χ1v) is 12.7. The standard InChI is InChI=1S/C22H34N4O5S/c1-3-31-22(28)24-13-15-25(16-14-24)32(29,30)26-12-4-5-20(17-26)21(27)23-11-10-19-8-6-18(2)7-9-19/h6-9,20H,3-5,10-17H2,1-2H3,(H,23,27)/t20-/m0/s1. The number of carbonyl (C=O) groups is 2. The van der Waals surface area contributed by atoms with E-state index in [2.05, 4.69) is 17.4 Å². The Morgan fingerprint density at radius 2 is 1.75 bits per heavy atom. The molecule has 0 radical (unpaired) electrons. The number of piperidine rings is 1. The van der Waals surface area contributed by atoms with Crippen molar-refractivity contribution >= 4 is 22.2 Å². The third-order valence-electron chi connectivity index (χ3n) is 6.01. The van der Waals surface area contributed by atoms with Crippen LogP contribution in [0.25, 0.3) is 0 Å². The van der Waals surface area contributed by atoms with Crippen LogP contribution in [0.15, 0.2) is 24.3 Å². The number of nitrogens with one attached hydrogen (secondary N) is 1. The molecule has 0 unspecified atom stereocenters. The van der Waals surface area contributed by atoms with Crippen LogP contribution in [0.3, 0.4) is 0 Å². The van der Waals surface area contributed by atoms with Crippen LogP contribution >= 0.6 is 0 Å². The highest BCUT2D eigenvalue weighted by molar-refractivity contribution is 7.86. The Bertz CT molecular complexity index is 882. The van der Waals surface area contributed by atoms with Gasteiger partial charge in [-0.3, -0.25) is 4.79 Å². The molecule has 2 aliphatic heterocycles. The van der Waals surface area contributed by atoms with Gasteiger partial charge in [-0.2, -0.15) is 17.0 Å². The SMILES string of the molecule is CCOC(=O)N1CCN(S(=O)(=O)N2CCC[C@H](C(=O)NCCc3ccc(C)cc3)C2)CC1. The number of aryl methyl sites for hydroxylation is 1. The monoisotopic (exact) mass is 466 g/mol. The minimum absolute atomic E-state index is 0.0934. The van der Waals surface area contributed by atoms with Crippen LogP contribution < -0.4 is 5.32 Å². The summed E-state index contributed by atoms with van der Waals surface area (Å²) in [5.41, 5.74) is 2.36. The maximum absolute atomic E-state index is 13.1. The highest BCUT2D eigenvalue weighted by Crippen LogP contribution is 2.22. The van der Waals surface area contributed by atoms with E-state index < -0.39 is 16.3 Å². The zero-order chi connectivity index (χ0) is 23.1. The summed E-state index contributed by atoms with van der Waals surface area (Å²) in [5.74, 6) is -0.443. The molecule has 2 aliphatic rings. The predicted octanol–water partition coefficient (Wildman–Crippen LogP) is 1.38. The van der Waals surface area contributed by atoms with E-state index in [0.29, 0.717) is 45.6 Å². The van der Waals surface area contributed by atoms with Crippen molar-refractivity contribution in [2.45, 2.75) is 33.1 Å². The zero-order valence-electron chi connectivity index (χ0n) is 19.0. The second-order valence-electron chi connectivity index (χ2n) is 8.32. The van der Waals surface area contributed by atoms with Gasteiger partial charge in [0.15, 0.2) is 0 Å². The molecule has 0 aromatic heterocycles. The van der Waals surface area contributed by atoms with E-state index in [9.17, 15) is 18.0 Å². The molecule has 1 N–H and O–H groups in total. The molecule has 3 rings (SSSR count). The van der Waals surface area contributed by atoms with Crippen LogP contribution in [-0.2, 0) is 26.2 Å². The molecule has 178 valence electrons. The molecular formula is C22H34N4O5S. The maximum Gasteiger partial charge on any atom is 0.409 e. The lowest BCUT2D eigenvalue weighted by molar-refractivity contribution is -0.126. The summed E-state index contributed by atoms with van der Waals surface area (Å²) in [5, 5.41) is 2.97. The van der Waals surface area contributed by atoms with Gasteiger partial charge >= 0.3 is 6.09 Å². The Morgan fingerprint density at radius 1 is 1.06 bits per heavy atom. The van der Waals surface area contributed by atoms with Crippen molar-refractivity contribution in [3.63, 3.8) is 0 Å². The van der Waals surface area contributed by atoms with E-state index in [0.717, 1.165) is 12.0 Å². The minimum Gasteiger partial charge on any atom is -0.450 e.